The number of nitrogens with one attached hydrogen (secondary N) is 1. The summed E-state index contributed by atoms with van der Waals surface area (Å²) < 4.78 is 0.976. The number of hydrogen-bond donors (Lipinski definition) is 2. The number of carbonyl (C=O) groups is 1. The van der Waals surface area contributed by atoms with Crippen LogP contribution in [0.4, 0.5) is 16.6 Å². The fourth-order valence-corrected chi connectivity index (χ4v) is 0.904. The molecule has 0 unspecified atom stereocenters. The van der Waals surface area contributed by atoms with Crippen LogP contribution in [0, 0.1) is 0 Å². The standard InChI is InChI=1S/C7H7N7O/c8-6-11-4-14(13-6)7(15)12-5-3-9-1-2-10-5/h1-4H,(H2,8,13)(H,10,12,15). The molecule has 2 rings (SSSR count). The molecule has 0 aliphatic carbocycles. The highest BCUT2D eigenvalue weighted by Crippen LogP contribution is 1.98. The maximum Gasteiger partial charge on any atom is 0.349 e. The summed E-state index contributed by atoms with van der Waals surface area (Å²) in [6.07, 6.45) is 5.59. The van der Waals surface area contributed by atoms with Gasteiger partial charge in [0.05, 0.1) is 6.20 Å². The molecule has 1 amide bonds. The Balaban J connectivity index is 2.11. The number of nitrogen functional groups attached to an aromatic ring is 1. The molecule has 0 atom stereocenters. The van der Waals surface area contributed by atoms with E-state index < -0.39 is 6.03 Å². The van der Waals surface area contributed by atoms with Crippen molar-refractivity contribution in [2.75, 3.05) is 11.1 Å². The van der Waals surface area contributed by atoms with Crippen molar-refractivity contribution in [2.24, 2.45) is 0 Å². The van der Waals surface area contributed by atoms with E-state index in [0.717, 1.165) is 4.68 Å². The van der Waals surface area contributed by atoms with Crippen LogP contribution in [0.3, 0.4) is 0 Å². The highest BCUT2D eigenvalue weighted by Gasteiger charge is 2.07. The van der Waals surface area contributed by atoms with E-state index >= 15 is 0 Å². The van der Waals surface area contributed by atoms with Gasteiger partial charge in [-0.15, -0.1) is 5.10 Å². The predicted octanol–water partition coefficient (Wildman–Crippen LogP) is -0.270. The molecule has 0 saturated heterocycles. The Bertz CT molecular complexity index is 465. The van der Waals surface area contributed by atoms with Gasteiger partial charge in [-0.3, -0.25) is 10.3 Å². The number of amides is 1. The number of nitrogens with zero attached hydrogens (tertiary/aromatic N) is 5. The lowest BCUT2D eigenvalue weighted by atomic mass is 10.6. The molecular weight excluding hydrogens is 198 g/mol. The lowest BCUT2D eigenvalue weighted by Crippen LogP contribution is -2.20. The molecule has 2 aromatic heterocycles. The number of hydrogen-bond acceptors (Lipinski definition) is 6. The van der Waals surface area contributed by atoms with Gasteiger partial charge >= 0.3 is 6.03 Å². The molecule has 0 aliphatic rings. The van der Waals surface area contributed by atoms with Crippen molar-refractivity contribution in [3.8, 4) is 0 Å². The number of aromatic nitrogens is 5. The SMILES string of the molecule is Nc1ncn(C(=O)Nc2cnccn2)n1. The van der Waals surface area contributed by atoms with E-state index in [1.165, 1.54) is 24.9 Å². The predicted molar refractivity (Wildman–Crippen MR) is 50.9 cm³/mol. The van der Waals surface area contributed by atoms with Gasteiger partial charge < -0.3 is 5.73 Å². The minimum Gasteiger partial charge on any atom is -0.366 e. The average molecular weight is 205 g/mol. The highest BCUT2D eigenvalue weighted by molar-refractivity contribution is 5.89. The molecule has 2 aromatic rings. The van der Waals surface area contributed by atoms with Crippen molar-refractivity contribution in [3.63, 3.8) is 0 Å². The summed E-state index contributed by atoms with van der Waals surface area (Å²) in [5.74, 6) is 0.362. The first kappa shape index (κ1) is 9.06. The van der Waals surface area contributed by atoms with Gasteiger partial charge in [0.1, 0.15) is 6.33 Å². The summed E-state index contributed by atoms with van der Waals surface area (Å²) in [7, 11) is 0. The molecule has 76 valence electrons. The van der Waals surface area contributed by atoms with Gasteiger partial charge in [-0.2, -0.15) is 4.68 Å². The first-order valence-corrected chi connectivity index (χ1v) is 4.00. The van der Waals surface area contributed by atoms with Gasteiger partial charge in [-0.25, -0.2) is 14.8 Å². The second-order valence-electron chi connectivity index (χ2n) is 2.57. The van der Waals surface area contributed by atoms with Crippen LogP contribution < -0.4 is 11.1 Å². The largest absolute Gasteiger partial charge is 0.366 e. The zero-order valence-electron chi connectivity index (χ0n) is 7.53. The number of carbonyl (C=O) groups excluding carboxylic acids is 1. The Labute approximate surface area is 84.2 Å². The molecule has 0 aliphatic heterocycles. The smallest absolute Gasteiger partial charge is 0.349 e. The Hall–Kier alpha value is -2.51. The lowest BCUT2D eigenvalue weighted by molar-refractivity contribution is 0.251. The van der Waals surface area contributed by atoms with Crippen LogP contribution >= 0.6 is 0 Å². The second-order valence-corrected chi connectivity index (χ2v) is 2.57. The van der Waals surface area contributed by atoms with E-state index in [0.29, 0.717) is 5.82 Å². The van der Waals surface area contributed by atoms with Crippen molar-refractivity contribution >= 4 is 17.8 Å². The van der Waals surface area contributed by atoms with Gasteiger partial charge in [-0.05, 0) is 0 Å². The van der Waals surface area contributed by atoms with E-state index in [9.17, 15) is 4.79 Å². The van der Waals surface area contributed by atoms with Crippen LogP contribution in [0.15, 0.2) is 24.9 Å². The van der Waals surface area contributed by atoms with Crippen LogP contribution in [0.25, 0.3) is 0 Å². The first-order chi connectivity index (χ1) is 7.25. The molecule has 0 fully saturated rings. The third-order valence-corrected chi connectivity index (χ3v) is 1.52. The van der Waals surface area contributed by atoms with Crippen molar-refractivity contribution in [2.45, 2.75) is 0 Å². The number of anilines is 2. The number of nitrogens with two attached hydrogens (primary N) is 1. The van der Waals surface area contributed by atoms with E-state index in [4.69, 9.17) is 5.73 Å². The van der Waals surface area contributed by atoms with Gasteiger partial charge in [0, 0.05) is 12.4 Å². The number of rotatable bonds is 1. The molecule has 0 aromatic carbocycles. The van der Waals surface area contributed by atoms with Crippen LogP contribution in [-0.2, 0) is 0 Å². The van der Waals surface area contributed by atoms with Crippen molar-refractivity contribution in [1.82, 2.24) is 24.7 Å². The summed E-state index contributed by atoms with van der Waals surface area (Å²) in [4.78, 5) is 22.7. The van der Waals surface area contributed by atoms with Crippen LogP contribution in [0.5, 0.6) is 0 Å². The fraction of sp³-hybridized carbons (Fsp3) is 0. The third kappa shape index (κ3) is 2.05. The van der Waals surface area contributed by atoms with Crippen molar-refractivity contribution in [1.29, 1.82) is 0 Å². The monoisotopic (exact) mass is 205 g/mol. The minimum absolute atomic E-state index is 0.0318. The molecule has 0 radical (unpaired) electrons. The molecular formula is C7H7N7O. The van der Waals surface area contributed by atoms with Gasteiger partial charge in [0.2, 0.25) is 5.95 Å². The zero-order chi connectivity index (χ0) is 10.7. The van der Waals surface area contributed by atoms with E-state index in [1.54, 1.807) is 0 Å². The van der Waals surface area contributed by atoms with E-state index in [-0.39, 0.29) is 5.95 Å². The molecule has 0 spiro atoms. The fourth-order valence-electron chi connectivity index (χ4n) is 0.904. The maximum atomic E-state index is 11.5. The van der Waals surface area contributed by atoms with Crippen molar-refractivity contribution < 1.29 is 4.79 Å². The zero-order valence-corrected chi connectivity index (χ0v) is 7.53. The van der Waals surface area contributed by atoms with Gasteiger partial charge in [0.15, 0.2) is 5.82 Å². The summed E-state index contributed by atoms with van der Waals surface area (Å²) in [5, 5.41) is 6.09. The summed E-state index contributed by atoms with van der Waals surface area (Å²) >= 11 is 0. The maximum absolute atomic E-state index is 11.5. The lowest BCUT2D eigenvalue weighted by Gasteiger charge is -2.01. The molecule has 0 saturated carbocycles. The van der Waals surface area contributed by atoms with Crippen LogP contribution in [0.1, 0.15) is 0 Å². The quantitative estimate of drug-likeness (QED) is 0.662. The van der Waals surface area contributed by atoms with Gasteiger partial charge in [0.25, 0.3) is 0 Å². The van der Waals surface area contributed by atoms with E-state index in [1.807, 2.05) is 0 Å². The second kappa shape index (κ2) is 3.70. The average Bonchev–Trinajstić information content (AvgIpc) is 2.66. The Morgan fingerprint density at radius 2 is 2.27 bits per heavy atom. The van der Waals surface area contributed by atoms with Gasteiger partial charge in [-0.1, -0.05) is 0 Å². The van der Waals surface area contributed by atoms with Crippen LogP contribution in [-0.4, -0.2) is 30.8 Å². The third-order valence-electron chi connectivity index (χ3n) is 1.52. The highest BCUT2D eigenvalue weighted by atomic mass is 16.2. The summed E-state index contributed by atoms with van der Waals surface area (Å²) in [6, 6.07) is -0.500. The molecule has 0 bridgehead atoms. The summed E-state index contributed by atoms with van der Waals surface area (Å²) in [5.41, 5.74) is 5.26. The Morgan fingerprint density at radius 3 is 2.87 bits per heavy atom. The molecule has 3 N–H and O–H groups in total. The van der Waals surface area contributed by atoms with Crippen LogP contribution in [0.2, 0.25) is 0 Å². The molecule has 2 heterocycles. The Morgan fingerprint density at radius 1 is 1.40 bits per heavy atom. The minimum atomic E-state index is -0.500. The molecule has 15 heavy (non-hydrogen) atoms. The summed E-state index contributed by atoms with van der Waals surface area (Å²) in [6.45, 7) is 0. The van der Waals surface area contributed by atoms with Crippen molar-refractivity contribution in [3.05, 3.63) is 24.9 Å². The molecule has 8 heteroatoms. The molecule has 8 nitrogen and oxygen atoms in total. The normalized spacial score (nSPS) is 9.87. The van der Waals surface area contributed by atoms with E-state index in [2.05, 4.69) is 25.4 Å². The topological polar surface area (TPSA) is 112 Å². The first-order valence-electron chi connectivity index (χ1n) is 4.00. The Kier molecular flexibility index (Phi) is 2.23.